The highest BCUT2D eigenvalue weighted by Gasteiger charge is 2.17. The summed E-state index contributed by atoms with van der Waals surface area (Å²) in [6.45, 7) is -0.290. The Hall–Kier alpha value is -4.79. The average Bonchev–Trinajstić information content (AvgIpc) is 2.90. The molecule has 9 nitrogen and oxygen atoms in total. The maximum atomic E-state index is 13.0. The van der Waals surface area contributed by atoms with Crippen LogP contribution in [0.1, 0.15) is 22.3 Å². The second-order valence-corrected chi connectivity index (χ2v) is 7.95. The fourth-order valence-electron chi connectivity index (χ4n) is 3.84. The predicted molar refractivity (Wildman–Crippen MR) is 129 cm³/mol. The third-order valence-corrected chi connectivity index (χ3v) is 5.55. The number of aromatic nitrogens is 2. The summed E-state index contributed by atoms with van der Waals surface area (Å²) in [5, 5.41) is 3.45. The molecule has 0 aliphatic carbocycles. The van der Waals surface area contributed by atoms with Gasteiger partial charge in [0.25, 0.3) is 11.8 Å². The molecule has 0 bridgehead atoms. The molecule has 174 valence electrons. The van der Waals surface area contributed by atoms with E-state index in [2.05, 4.69) is 26.1 Å². The lowest BCUT2D eigenvalue weighted by Crippen LogP contribution is -2.43. The van der Waals surface area contributed by atoms with Crippen molar-refractivity contribution in [1.82, 2.24) is 20.8 Å². The lowest BCUT2D eigenvalue weighted by molar-refractivity contribution is -0.123. The molecule has 4 aromatic rings. The van der Waals surface area contributed by atoms with Gasteiger partial charge in [0.15, 0.2) is 6.61 Å². The first kappa shape index (κ1) is 22.0. The summed E-state index contributed by atoms with van der Waals surface area (Å²) in [7, 11) is 0. The van der Waals surface area contributed by atoms with Crippen LogP contribution in [0.5, 0.6) is 5.75 Å². The van der Waals surface area contributed by atoms with E-state index in [0.29, 0.717) is 46.4 Å². The molecule has 0 atom stereocenters. The Balaban J connectivity index is 1.25. The molecule has 2 aromatic carbocycles. The Labute approximate surface area is 200 Å². The van der Waals surface area contributed by atoms with Gasteiger partial charge in [0, 0.05) is 23.7 Å². The summed E-state index contributed by atoms with van der Waals surface area (Å²) in [4.78, 5) is 45.7. The number of rotatable bonds is 5. The van der Waals surface area contributed by atoms with Crippen LogP contribution in [0.2, 0.25) is 0 Å². The highest BCUT2D eigenvalue weighted by atomic mass is 16.5. The third-order valence-electron chi connectivity index (χ3n) is 5.55. The molecule has 1 aliphatic heterocycles. The van der Waals surface area contributed by atoms with E-state index in [-0.39, 0.29) is 12.5 Å². The second-order valence-electron chi connectivity index (χ2n) is 7.95. The number of anilines is 1. The number of pyridine rings is 2. The molecule has 3 heterocycles. The van der Waals surface area contributed by atoms with Crippen LogP contribution in [0.25, 0.3) is 22.3 Å². The van der Waals surface area contributed by atoms with Crippen molar-refractivity contribution in [2.45, 2.75) is 12.8 Å². The number of hydrogen-bond donors (Lipinski definition) is 3. The van der Waals surface area contributed by atoms with Gasteiger partial charge < -0.3 is 10.1 Å². The highest BCUT2D eigenvalue weighted by Crippen LogP contribution is 2.27. The Morgan fingerprint density at radius 1 is 0.943 bits per heavy atom. The molecule has 2 aromatic heterocycles. The standard InChI is InChI=1S/C26H21N5O4/c32-24-11-8-16-13-17(9-10-20(16)29-24)35-15-25(33)30-31-26(34)19-14-23(22-7-3-4-12-27-22)28-21-6-2-1-5-18(19)21/h1-7,9-10,12-14H,8,11,15H2,(H,29,32)(H,30,33)(H,31,34). The number of ether oxygens (including phenoxy) is 1. The average molecular weight is 467 g/mol. The molecule has 3 N–H and O–H groups in total. The topological polar surface area (TPSA) is 122 Å². The van der Waals surface area contributed by atoms with Gasteiger partial charge in [0.05, 0.1) is 22.5 Å². The molecule has 0 saturated heterocycles. The minimum absolute atomic E-state index is 0.0181. The van der Waals surface area contributed by atoms with E-state index < -0.39 is 11.8 Å². The Kier molecular flexibility index (Phi) is 6.04. The SMILES string of the molecule is O=C(COc1ccc2c(c1)CCC(=O)N2)NNC(=O)c1cc(-c2ccccn2)nc2ccccc12. The van der Waals surface area contributed by atoms with Gasteiger partial charge in [-0.15, -0.1) is 0 Å². The minimum atomic E-state index is -0.521. The van der Waals surface area contributed by atoms with Crippen molar-refractivity contribution in [3.05, 3.63) is 84.1 Å². The van der Waals surface area contributed by atoms with E-state index in [1.807, 2.05) is 30.3 Å². The maximum Gasteiger partial charge on any atom is 0.276 e. The Morgan fingerprint density at radius 2 is 1.80 bits per heavy atom. The zero-order valence-corrected chi connectivity index (χ0v) is 18.6. The van der Waals surface area contributed by atoms with Gasteiger partial charge >= 0.3 is 0 Å². The van der Waals surface area contributed by atoms with E-state index in [4.69, 9.17) is 4.74 Å². The monoisotopic (exact) mass is 467 g/mol. The van der Waals surface area contributed by atoms with Crippen LogP contribution in [0.3, 0.4) is 0 Å². The van der Waals surface area contributed by atoms with Crippen molar-refractivity contribution in [3.8, 4) is 17.1 Å². The van der Waals surface area contributed by atoms with Crippen molar-refractivity contribution in [3.63, 3.8) is 0 Å². The van der Waals surface area contributed by atoms with Gasteiger partial charge in [-0.25, -0.2) is 4.98 Å². The van der Waals surface area contributed by atoms with E-state index in [1.165, 1.54) is 0 Å². The van der Waals surface area contributed by atoms with Crippen LogP contribution in [0.4, 0.5) is 5.69 Å². The smallest absolute Gasteiger partial charge is 0.276 e. The molecule has 3 amide bonds. The zero-order valence-electron chi connectivity index (χ0n) is 18.6. The van der Waals surface area contributed by atoms with Gasteiger partial charge in [-0.3, -0.25) is 30.2 Å². The van der Waals surface area contributed by atoms with Crippen molar-refractivity contribution < 1.29 is 19.1 Å². The van der Waals surface area contributed by atoms with Crippen LogP contribution in [0, 0.1) is 0 Å². The van der Waals surface area contributed by atoms with Gasteiger partial charge in [0.2, 0.25) is 5.91 Å². The molecule has 0 spiro atoms. The van der Waals surface area contributed by atoms with Crippen LogP contribution >= 0.6 is 0 Å². The third kappa shape index (κ3) is 4.93. The molecule has 0 fully saturated rings. The van der Waals surface area contributed by atoms with Gasteiger partial charge in [0.1, 0.15) is 5.75 Å². The lowest BCUT2D eigenvalue weighted by atomic mass is 10.0. The quantitative estimate of drug-likeness (QED) is 0.388. The summed E-state index contributed by atoms with van der Waals surface area (Å²) in [6, 6.07) is 19.6. The minimum Gasteiger partial charge on any atom is -0.484 e. The van der Waals surface area contributed by atoms with E-state index in [1.54, 1.807) is 42.6 Å². The molecule has 9 heteroatoms. The number of aryl methyl sites for hydroxylation is 1. The van der Waals surface area contributed by atoms with Crippen LogP contribution < -0.4 is 20.9 Å². The number of carbonyl (C=O) groups is 3. The number of carbonyl (C=O) groups excluding carboxylic acids is 3. The first-order valence-corrected chi connectivity index (χ1v) is 11.0. The summed E-state index contributed by atoms with van der Waals surface area (Å²) in [5.41, 5.74) is 8.71. The number of nitrogens with one attached hydrogen (secondary N) is 3. The second kappa shape index (κ2) is 9.60. The molecule has 0 unspecified atom stereocenters. The predicted octanol–water partition coefficient (Wildman–Crippen LogP) is 3.02. The number of nitrogens with zero attached hydrogens (tertiary/aromatic N) is 2. The molecule has 5 rings (SSSR count). The summed E-state index contributed by atoms with van der Waals surface area (Å²) < 4.78 is 5.55. The van der Waals surface area contributed by atoms with Crippen LogP contribution in [-0.4, -0.2) is 34.3 Å². The van der Waals surface area contributed by atoms with E-state index in [0.717, 1.165) is 11.3 Å². The maximum absolute atomic E-state index is 13.0. The number of hydrogen-bond acceptors (Lipinski definition) is 6. The fraction of sp³-hybridized carbons (Fsp3) is 0.115. The number of fused-ring (bicyclic) bond motifs is 2. The van der Waals surface area contributed by atoms with Crippen molar-refractivity contribution >= 4 is 34.3 Å². The highest BCUT2D eigenvalue weighted by molar-refractivity contribution is 6.07. The molecule has 0 radical (unpaired) electrons. The Bertz CT molecular complexity index is 1440. The van der Waals surface area contributed by atoms with Crippen molar-refractivity contribution in [1.29, 1.82) is 0 Å². The summed E-state index contributed by atoms with van der Waals surface area (Å²) in [5.74, 6) is -0.525. The number of amides is 3. The molecular formula is C26H21N5O4. The first-order valence-electron chi connectivity index (χ1n) is 11.0. The molecule has 35 heavy (non-hydrogen) atoms. The van der Waals surface area contributed by atoms with Crippen LogP contribution in [0.15, 0.2) is 72.9 Å². The first-order chi connectivity index (χ1) is 17.1. The van der Waals surface area contributed by atoms with Gasteiger partial charge in [-0.2, -0.15) is 0 Å². The summed E-state index contributed by atoms with van der Waals surface area (Å²) in [6.07, 6.45) is 2.68. The zero-order chi connectivity index (χ0) is 24.2. The van der Waals surface area contributed by atoms with Crippen LogP contribution in [-0.2, 0) is 16.0 Å². The molecular weight excluding hydrogens is 446 g/mol. The largest absolute Gasteiger partial charge is 0.484 e. The number of para-hydroxylation sites is 1. The number of hydrazine groups is 1. The van der Waals surface area contributed by atoms with E-state index >= 15 is 0 Å². The molecule has 1 aliphatic rings. The normalized spacial score (nSPS) is 12.4. The summed E-state index contributed by atoms with van der Waals surface area (Å²) >= 11 is 0. The van der Waals surface area contributed by atoms with Gasteiger partial charge in [-0.05, 0) is 54.4 Å². The fourth-order valence-corrected chi connectivity index (χ4v) is 3.84. The van der Waals surface area contributed by atoms with Crippen molar-refractivity contribution in [2.75, 3.05) is 11.9 Å². The Morgan fingerprint density at radius 3 is 2.66 bits per heavy atom. The van der Waals surface area contributed by atoms with Crippen molar-refractivity contribution in [2.24, 2.45) is 0 Å². The molecule has 0 saturated carbocycles. The van der Waals surface area contributed by atoms with E-state index in [9.17, 15) is 14.4 Å². The number of benzene rings is 2. The lowest BCUT2D eigenvalue weighted by Gasteiger charge is -2.17. The van der Waals surface area contributed by atoms with Gasteiger partial charge in [-0.1, -0.05) is 24.3 Å².